The van der Waals surface area contributed by atoms with Gasteiger partial charge >= 0.3 is 0 Å². The summed E-state index contributed by atoms with van der Waals surface area (Å²) in [5, 5.41) is 12.6. The van der Waals surface area contributed by atoms with Crippen LogP contribution in [0.25, 0.3) is 10.4 Å². The Balaban J connectivity index is 1.27. The predicted molar refractivity (Wildman–Crippen MR) is 143 cm³/mol. The molecule has 0 atom stereocenters. The van der Waals surface area contributed by atoms with Crippen molar-refractivity contribution in [2.75, 3.05) is 26.4 Å². The van der Waals surface area contributed by atoms with Crippen LogP contribution in [-0.4, -0.2) is 56.6 Å². The third kappa shape index (κ3) is 6.19. The van der Waals surface area contributed by atoms with Gasteiger partial charge in [-0.15, -0.1) is 11.3 Å². The number of hydrogen-bond donors (Lipinski definition) is 3. The zero-order chi connectivity index (χ0) is 27.2. The molecule has 4 rings (SSSR count). The average Bonchev–Trinajstić information content (AvgIpc) is 3.40. The van der Waals surface area contributed by atoms with Crippen LogP contribution in [0.2, 0.25) is 5.02 Å². The van der Waals surface area contributed by atoms with Crippen molar-refractivity contribution in [2.45, 2.75) is 28.9 Å². The van der Waals surface area contributed by atoms with Crippen molar-refractivity contribution < 1.29 is 32.7 Å². The Morgan fingerprint density at radius 1 is 1.03 bits per heavy atom. The fraction of sp³-hybridized carbons (Fsp3) is 0.308. The van der Waals surface area contributed by atoms with Crippen molar-refractivity contribution in [2.24, 2.45) is 0 Å². The number of carbonyl (C=O) groups excluding carboxylic acids is 2. The third-order valence-electron chi connectivity index (χ3n) is 6.28. The molecular formula is C26H27ClN2O7S2. The molecule has 9 nitrogen and oxygen atoms in total. The van der Waals surface area contributed by atoms with Crippen molar-refractivity contribution in [1.82, 2.24) is 10.8 Å². The second-order valence-corrected chi connectivity index (χ2v) is 12.5. The van der Waals surface area contributed by atoms with Crippen molar-refractivity contribution in [1.29, 1.82) is 0 Å². The van der Waals surface area contributed by atoms with Gasteiger partial charge in [-0.1, -0.05) is 23.7 Å². The van der Waals surface area contributed by atoms with Gasteiger partial charge in [-0.3, -0.25) is 14.8 Å². The van der Waals surface area contributed by atoms with Crippen LogP contribution in [0.15, 0.2) is 65.6 Å². The van der Waals surface area contributed by atoms with E-state index in [-0.39, 0.29) is 56.4 Å². The van der Waals surface area contributed by atoms with Crippen LogP contribution in [0.4, 0.5) is 0 Å². The number of benzene rings is 2. The lowest BCUT2D eigenvalue weighted by Gasteiger charge is -2.34. The molecule has 1 saturated heterocycles. The molecule has 0 unspecified atom stereocenters. The number of ether oxygens (including phenoxy) is 2. The fourth-order valence-electron chi connectivity index (χ4n) is 4.18. The predicted octanol–water partition coefficient (Wildman–Crippen LogP) is 3.63. The minimum absolute atomic E-state index is 0.0578. The molecule has 1 aromatic heterocycles. The molecule has 0 aliphatic carbocycles. The fourth-order valence-corrected chi connectivity index (χ4v) is 7.26. The summed E-state index contributed by atoms with van der Waals surface area (Å²) < 4.78 is 35.6. The molecule has 3 aromatic rings. The van der Waals surface area contributed by atoms with Crippen LogP contribution in [0.5, 0.6) is 5.75 Å². The molecule has 1 fully saturated rings. The lowest BCUT2D eigenvalue weighted by atomic mass is 9.98. The number of amides is 2. The van der Waals surface area contributed by atoms with Gasteiger partial charge in [0.25, 0.3) is 5.91 Å². The average molecular weight is 579 g/mol. The minimum Gasteiger partial charge on any atom is -0.492 e. The summed E-state index contributed by atoms with van der Waals surface area (Å²) in [6.07, 6.45) is 0.125. The Morgan fingerprint density at radius 3 is 2.37 bits per heavy atom. The molecule has 0 saturated carbocycles. The van der Waals surface area contributed by atoms with E-state index in [0.717, 1.165) is 15.3 Å². The first-order valence-corrected chi connectivity index (χ1v) is 14.5. The van der Waals surface area contributed by atoms with Gasteiger partial charge < -0.3 is 14.8 Å². The number of rotatable bonds is 10. The number of hydroxylamine groups is 1. The lowest BCUT2D eigenvalue weighted by molar-refractivity contribution is -0.134. The van der Waals surface area contributed by atoms with Crippen LogP contribution < -0.4 is 15.5 Å². The maximum Gasteiger partial charge on any atom is 0.265 e. The maximum atomic E-state index is 13.3. The summed E-state index contributed by atoms with van der Waals surface area (Å²) in [4.78, 5) is 26.6. The molecule has 0 bridgehead atoms. The molecule has 12 heteroatoms. The SMILES string of the molecule is O=C(Cc1ccc(-c2ccc(Cl)cc2)s1)NCCOc1ccc(S(=O)(=O)C2(C(=O)NO)CCOCC2)cc1. The number of thiophene rings is 1. The quantitative estimate of drug-likeness (QED) is 0.190. The molecule has 2 aromatic carbocycles. The van der Waals surface area contributed by atoms with Crippen LogP contribution >= 0.6 is 22.9 Å². The van der Waals surface area contributed by atoms with E-state index < -0.39 is 20.5 Å². The standard InChI is InChI=1S/C26H27ClN2O7S2/c27-19-3-1-18(2-4-19)23-10-7-21(37-23)17-24(30)28-13-16-36-20-5-8-22(9-6-20)38(33,34)26(25(31)29-32)11-14-35-15-12-26/h1-10,32H,11-17H2,(H,28,30)(H,29,31). The Labute approximate surface area is 229 Å². The Morgan fingerprint density at radius 2 is 1.71 bits per heavy atom. The Kier molecular flexibility index (Phi) is 9.06. The van der Waals surface area contributed by atoms with E-state index >= 15 is 0 Å². The molecule has 38 heavy (non-hydrogen) atoms. The highest BCUT2D eigenvalue weighted by Crippen LogP contribution is 2.36. The molecule has 2 heterocycles. The summed E-state index contributed by atoms with van der Waals surface area (Å²) in [5.41, 5.74) is 2.53. The Bertz CT molecular complexity index is 1370. The Hall–Kier alpha value is -2.96. The molecule has 1 aliphatic heterocycles. The number of hydrogen-bond acceptors (Lipinski definition) is 8. The van der Waals surface area contributed by atoms with Crippen molar-refractivity contribution in [3.05, 3.63) is 70.6 Å². The van der Waals surface area contributed by atoms with Gasteiger partial charge in [0.15, 0.2) is 14.6 Å². The molecule has 0 radical (unpaired) electrons. The van der Waals surface area contributed by atoms with E-state index in [9.17, 15) is 18.0 Å². The maximum absolute atomic E-state index is 13.3. The van der Waals surface area contributed by atoms with E-state index in [1.165, 1.54) is 29.7 Å². The normalized spacial score (nSPS) is 15.0. The first-order chi connectivity index (χ1) is 18.2. The van der Waals surface area contributed by atoms with Crippen molar-refractivity contribution in [3.63, 3.8) is 0 Å². The van der Waals surface area contributed by atoms with Crippen LogP contribution in [0, 0.1) is 0 Å². The summed E-state index contributed by atoms with van der Waals surface area (Å²) in [7, 11) is -4.11. The van der Waals surface area contributed by atoms with Gasteiger partial charge in [-0.05, 0) is 66.9 Å². The van der Waals surface area contributed by atoms with Gasteiger partial charge in [-0.25, -0.2) is 13.9 Å². The lowest BCUT2D eigenvalue weighted by Crippen LogP contribution is -2.54. The van der Waals surface area contributed by atoms with E-state index in [0.29, 0.717) is 10.8 Å². The first kappa shape index (κ1) is 28.1. The van der Waals surface area contributed by atoms with Gasteiger partial charge in [0, 0.05) is 28.0 Å². The van der Waals surface area contributed by atoms with Crippen molar-refractivity contribution in [3.8, 4) is 16.2 Å². The van der Waals surface area contributed by atoms with Crippen molar-refractivity contribution >= 4 is 44.6 Å². The topological polar surface area (TPSA) is 131 Å². The number of nitrogens with one attached hydrogen (secondary N) is 2. The number of carbonyl (C=O) groups is 2. The van der Waals surface area contributed by atoms with Crippen LogP contribution in [-0.2, 0) is 30.6 Å². The first-order valence-electron chi connectivity index (χ1n) is 11.9. The molecule has 1 aliphatic rings. The number of sulfone groups is 1. The van der Waals surface area contributed by atoms with Gasteiger partial charge in [0.1, 0.15) is 12.4 Å². The van der Waals surface area contributed by atoms with E-state index in [2.05, 4.69) is 5.32 Å². The molecule has 202 valence electrons. The molecular weight excluding hydrogens is 552 g/mol. The second kappa shape index (κ2) is 12.3. The highest BCUT2D eigenvalue weighted by molar-refractivity contribution is 7.93. The zero-order valence-electron chi connectivity index (χ0n) is 20.3. The minimum atomic E-state index is -4.11. The molecule has 3 N–H and O–H groups in total. The largest absolute Gasteiger partial charge is 0.492 e. The summed E-state index contributed by atoms with van der Waals surface area (Å²) in [6, 6.07) is 17.1. The van der Waals surface area contributed by atoms with Crippen LogP contribution in [0.3, 0.4) is 0 Å². The van der Waals surface area contributed by atoms with E-state index in [4.69, 9.17) is 26.3 Å². The van der Waals surface area contributed by atoms with E-state index in [1.807, 2.05) is 36.4 Å². The second-order valence-electron chi connectivity index (χ2n) is 8.67. The smallest absolute Gasteiger partial charge is 0.265 e. The number of halogens is 1. The van der Waals surface area contributed by atoms with Gasteiger partial charge in [-0.2, -0.15) is 0 Å². The summed E-state index contributed by atoms with van der Waals surface area (Å²) in [6.45, 7) is 0.645. The van der Waals surface area contributed by atoms with Gasteiger partial charge in [0.05, 0.1) is 17.9 Å². The zero-order valence-corrected chi connectivity index (χ0v) is 22.7. The summed E-state index contributed by atoms with van der Waals surface area (Å²) >= 11 is 7.48. The van der Waals surface area contributed by atoms with Crippen LogP contribution in [0.1, 0.15) is 17.7 Å². The summed E-state index contributed by atoms with van der Waals surface area (Å²) in [5.74, 6) is -0.694. The monoisotopic (exact) mass is 578 g/mol. The highest BCUT2D eigenvalue weighted by Gasteiger charge is 2.52. The molecule has 0 spiro atoms. The highest BCUT2D eigenvalue weighted by atomic mass is 35.5. The molecule has 2 amide bonds. The van der Waals surface area contributed by atoms with Gasteiger partial charge in [0.2, 0.25) is 5.91 Å². The third-order valence-corrected chi connectivity index (χ3v) is 10.2. The van der Waals surface area contributed by atoms with E-state index in [1.54, 1.807) is 11.3 Å².